The number of aromatic nitrogens is 1. The van der Waals surface area contributed by atoms with Crippen molar-refractivity contribution < 1.29 is 33.4 Å². The van der Waals surface area contributed by atoms with Gasteiger partial charge in [0.05, 0.1) is 24.1 Å². The van der Waals surface area contributed by atoms with Crippen molar-refractivity contribution in [2.75, 3.05) is 18.6 Å². The molecule has 4 aromatic rings. The number of benzene rings is 3. The summed E-state index contributed by atoms with van der Waals surface area (Å²) >= 11 is 14.5. The van der Waals surface area contributed by atoms with E-state index < -0.39 is 51.1 Å². The van der Waals surface area contributed by atoms with Crippen LogP contribution in [0.25, 0.3) is 22.6 Å². The standard InChI is InChI=1S/C36H29Cl2N3O7/c1-3-47-26-10-6-7-22(29(26)42)28-20-15-16-21-27(23(20)17-35(37)33(45)40(2)34(46)36(28,35)38)32(44)41(31(21)43)19-13-11-18(12-14-19)30-39-24-8-4-5-9-25(24)48-30/h4-15,21,23,27-28,42H,3,16-17H2,1-2H3. The number of carbonyl (C=O) groups excluding carboxylic acids is 4. The van der Waals surface area contributed by atoms with Gasteiger partial charge in [0, 0.05) is 24.1 Å². The number of aromatic hydroxyl groups is 1. The molecule has 3 heterocycles. The highest BCUT2D eigenvalue weighted by Gasteiger charge is 2.76. The van der Waals surface area contributed by atoms with Crippen molar-refractivity contribution in [3.05, 3.63) is 83.9 Å². The summed E-state index contributed by atoms with van der Waals surface area (Å²) < 4.78 is 11.5. The van der Waals surface area contributed by atoms with Gasteiger partial charge in [-0.25, -0.2) is 4.98 Å². The maximum atomic E-state index is 14.4. The summed E-state index contributed by atoms with van der Waals surface area (Å²) in [5.74, 6) is -5.27. The molecule has 0 radical (unpaired) electrons. The van der Waals surface area contributed by atoms with E-state index in [9.17, 15) is 24.3 Å². The van der Waals surface area contributed by atoms with E-state index in [0.717, 1.165) is 4.90 Å². The van der Waals surface area contributed by atoms with Crippen molar-refractivity contribution in [3.8, 4) is 23.0 Å². The Kier molecular flexibility index (Phi) is 6.81. The molecule has 10 nitrogen and oxygen atoms in total. The molecule has 48 heavy (non-hydrogen) atoms. The van der Waals surface area contributed by atoms with Gasteiger partial charge in [-0.05, 0) is 68.1 Å². The SMILES string of the molecule is CCOc1cccc(C2C3=CCC4C(=O)N(c5ccc(-c6nc7ccccc7o6)cc5)C(=O)C4C3CC3(Cl)C(=O)N(C)C(=O)C23Cl)c1O. The molecule has 6 atom stereocenters. The number of carbonyl (C=O) groups is 4. The van der Waals surface area contributed by atoms with Crippen LogP contribution in [0.15, 0.2) is 82.8 Å². The highest BCUT2D eigenvalue weighted by Crippen LogP contribution is 2.66. The largest absolute Gasteiger partial charge is 0.504 e. The number of anilines is 1. The highest BCUT2D eigenvalue weighted by atomic mass is 35.5. The third kappa shape index (κ3) is 3.96. The lowest BCUT2D eigenvalue weighted by Gasteiger charge is -2.50. The van der Waals surface area contributed by atoms with Crippen molar-refractivity contribution in [1.29, 1.82) is 0 Å². The number of alkyl halides is 2. The molecule has 1 saturated carbocycles. The minimum atomic E-state index is -2.01. The number of para-hydroxylation sites is 3. The van der Waals surface area contributed by atoms with Crippen molar-refractivity contribution in [3.63, 3.8) is 0 Å². The normalized spacial score (nSPS) is 29.6. The zero-order chi connectivity index (χ0) is 33.7. The molecule has 4 aliphatic rings. The van der Waals surface area contributed by atoms with Crippen LogP contribution in [0.3, 0.4) is 0 Å². The summed E-state index contributed by atoms with van der Waals surface area (Å²) in [6.07, 6.45) is 1.87. The zero-order valence-corrected chi connectivity index (χ0v) is 27.4. The van der Waals surface area contributed by atoms with E-state index in [4.69, 9.17) is 32.4 Å². The Morgan fingerprint density at radius 2 is 1.71 bits per heavy atom. The molecular weight excluding hydrogens is 657 g/mol. The number of oxazole rings is 1. The minimum absolute atomic E-state index is 0.147. The molecule has 12 heteroatoms. The molecule has 0 bridgehead atoms. The second-order valence-corrected chi connectivity index (χ2v) is 13.9. The van der Waals surface area contributed by atoms with E-state index in [-0.39, 0.29) is 42.4 Å². The van der Waals surface area contributed by atoms with Crippen LogP contribution in [-0.2, 0) is 19.2 Å². The maximum absolute atomic E-state index is 14.4. The Labute approximate surface area is 284 Å². The molecule has 1 N–H and O–H groups in total. The lowest BCUT2D eigenvalue weighted by atomic mass is 9.56. The number of phenols is 1. The Morgan fingerprint density at radius 3 is 2.44 bits per heavy atom. The van der Waals surface area contributed by atoms with Gasteiger partial charge in [0.25, 0.3) is 11.8 Å². The number of rotatable bonds is 5. The fourth-order valence-corrected chi connectivity index (χ4v) is 9.15. The van der Waals surface area contributed by atoms with Gasteiger partial charge < -0.3 is 14.3 Å². The number of phenolic OH excluding ortho intramolecular Hbond substituents is 1. The molecule has 3 aromatic carbocycles. The fraction of sp³-hybridized carbons (Fsp3) is 0.306. The third-order valence-corrected chi connectivity index (χ3v) is 11.7. The van der Waals surface area contributed by atoms with Gasteiger partial charge in [-0.3, -0.25) is 29.0 Å². The Balaban J connectivity index is 1.19. The molecule has 3 fully saturated rings. The number of imide groups is 2. The number of halogens is 2. The maximum Gasteiger partial charge on any atom is 0.253 e. The van der Waals surface area contributed by atoms with Crippen molar-refractivity contribution >= 4 is 63.6 Å². The van der Waals surface area contributed by atoms with Crippen LogP contribution in [0.1, 0.15) is 31.2 Å². The Morgan fingerprint density at radius 1 is 0.958 bits per heavy atom. The molecule has 6 unspecified atom stereocenters. The van der Waals surface area contributed by atoms with Crippen LogP contribution in [0.5, 0.6) is 11.5 Å². The first-order valence-corrected chi connectivity index (χ1v) is 16.5. The quantitative estimate of drug-likeness (QED) is 0.159. The van der Waals surface area contributed by atoms with Crippen LogP contribution in [0.4, 0.5) is 5.69 Å². The van der Waals surface area contributed by atoms with Crippen molar-refractivity contribution in [2.24, 2.45) is 17.8 Å². The zero-order valence-electron chi connectivity index (χ0n) is 25.9. The third-order valence-electron chi connectivity index (χ3n) is 10.3. The molecule has 0 spiro atoms. The summed E-state index contributed by atoms with van der Waals surface area (Å²) in [7, 11) is 1.32. The monoisotopic (exact) mass is 685 g/mol. The predicted octanol–water partition coefficient (Wildman–Crippen LogP) is 5.79. The summed E-state index contributed by atoms with van der Waals surface area (Å²) in [5.41, 5.74) is 3.24. The number of nitrogens with zero attached hydrogens (tertiary/aromatic N) is 3. The predicted molar refractivity (Wildman–Crippen MR) is 177 cm³/mol. The summed E-state index contributed by atoms with van der Waals surface area (Å²) in [4.78, 5) is 58.5. The van der Waals surface area contributed by atoms with E-state index in [1.165, 1.54) is 11.9 Å². The second-order valence-electron chi connectivity index (χ2n) is 12.7. The van der Waals surface area contributed by atoms with Gasteiger partial charge in [-0.1, -0.05) is 35.9 Å². The van der Waals surface area contributed by atoms with E-state index in [0.29, 0.717) is 33.8 Å². The molecular formula is C36H29Cl2N3O7. The topological polar surface area (TPSA) is 130 Å². The van der Waals surface area contributed by atoms with Gasteiger partial charge in [0.15, 0.2) is 26.8 Å². The summed E-state index contributed by atoms with van der Waals surface area (Å²) in [5, 5.41) is 11.4. The number of ether oxygens (including phenoxy) is 1. The highest BCUT2D eigenvalue weighted by molar-refractivity contribution is 6.53. The average Bonchev–Trinajstić information content (AvgIpc) is 3.67. The number of hydrogen-bond acceptors (Lipinski definition) is 8. The first-order valence-electron chi connectivity index (χ1n) is 15.7. The summed E-state index contributed by atoms with van der Waals surface area (Å²) in [6, 6.07) is 19.1. The second kappa shape index (κ2) is 10.7. The molecule has 1 aromatic heterocycles. The van der Waals surface area contributed by atoms with Gasteiger partial charge in [-0.2, -0.15) is 0 Å². The minimum Gasteiger partial charge on any atom is -0.504 e. The van der Waals surface area contributed by atoms with E-state index in [1.54, 1.807) is 49.4 Å². The average molecular weight is 687 g/mol. The number of allylic oxidation sites excluding steroid dienone is 2. The van der Waals surface area contributed by atoms with Crippen LogP contribution in [0.2, 0.25) is 0 Å². The smallest absolute Gasteiger partial charge is 0.253 e. The van der Waals surface area contributed by atoms with E-state index >= 15 is 0 Å². The van der Waals surface area contributed by atoms with Gasteiger partial charge in [0.2, 0.25) is 17.7 Å². The molecule has 244 valence electrons. The molecule has 2 saturated heterocycles. The molecule has 8 rings (SSSR count). The van der Waals surface area contributed by atoms with Gasteiger partial charge >= 0.3 is 0 Å². The Hall–Kier alpha value is -4.67. The number of likely N-dealkylation sites (tertiary alicyclic amines) is 1. The van der Waals surface area contributed by atoms with Gasteiger partial charge in [0.1, 0.15) is 5.52 Å². The van der Waals surface area contributed by atoms with Crippen LogP contribution >= 0.6 is 23.2 Å². The Bertz CT molecular complexity index is 2060. The van der Waals surface area contributed by atoms with E-state index in [1.807, 2.05) is 30.3 Å². The van der Waals surface area contributed by atoms with E-state index in [2.05, 4.69) is 4.98 Å². The molecule has 2 aliphatic carbocycles. The van der Waals surface area contributed by atoms with Crippen LogP contribution in [0, 0.1) is 17.8 Å². The van der Waals surface area contributed by atoms with Crippen LogP contribution < -0.4 is 9.64 Å². The van der Waals surface area contributed by atoms with Crippen molar-refractivity contribution in [1.82, 2.24) is 9.88 Å². The fourth-order valence-electron chi connectivity index (χ4n) is 8.14. The summed E-state index contributed by atoms with van der Waals surface area (Å²) in [6.45, 7) is 2.04. The first-order chi connectivity index (χ1) is 23.0. The van der Waals surface area contributed by atoms with Crippen molar-refractivity contribution in [2.45, 2.75) is 35.4 Å². The van der Waals surface area contributed by atoms with Crippen LogP contribution in [-0.4, -0.2) is 62.0 Å². The number of hydrogen-bond donors (Lipinski definition) is 1. The molecule has 2 aliphatic heterocycles. The lowest BCUT2D eigenvalue weighted by Crippen LogP contribution is -2.60. The number of amides is 4. The van der Waals surface area contributed by atoms with Gasteiger partial charge in [-0.15, -0.1) is 23.2 Å². The first kappa shape index (κ1) is 30.7. The number of fused-ring (bicyclic) bond motifs is 5. The lowest BCUT2D eigenvalue weighted by molar-refractivity contribution is -0.138. The molecule has 4 amide bonds.